The van der Waals surface area contributed by atoms with Gasteiger partial charge in [-0.25, -0.2) is 4.98 Å². The molecule has 0 aromatic carbocycles. The minimum absolute atomic E-state index is 0.0599. The molecule has 1 atom stereocenters. The summed E-state index contributed by atoms with van der Waals surface area (Å²) < 4.78 is 10.2. The third-order valence-corrected chi connectivity index (χ3v) is 3.66. The molecule has 0 bridgehead atoms. The molecule has 1 amide bonds. The number of esters is 1. The molecule has 6 heteroatoms. The van der Waals surface area contributed by atoms with E-state index in [1.54, 1.807) is 25.0 Å². The molecule has 1 aromatic heterocycles. The lowest BCUT2D eigenvalue weighted by molar-refractivity contribution is -0.151. The maximum atomic E-state index is 12.2. The van der Waals surface area contributed by atoms with Crippen LogP contribution >= 0.6 is 0 Å². The van der Waals surface area contributed by atoms with Crippen LogP contribution in [0.4, 0.5) is 0 Å². The summed E-state index contributed by atoms with van der Waals surface area (Å²) in [6.07, 6.45) is 4.18. The van der Waals surface area contributed by atoms with Crippen LogP contribution in [0.2, 0.25) is 0 Å². The monoisotopic (exact) mass is 294 g/mol. The summed E-state index contributed by atoms with van der Waals surface area (Å²) >= 11 is 0. The molecule has 1 aliphatic heterocycles. The van der Waals surface area contributed by atoms with E-state index in [2.05, 4.69) is 4.98 Å². The van der Waals surface area contributed by atoms with Gasteiger partial charge in [0.1, 0.15) is 6.26 Å². The molecule has 116 valence electrons. The highest BCUT2D eigenvalue weighted by atomic mass is 16.5. The van der Waals surface area contributed by atoms with Crippen LogP contribution < -0.4 is 0 Å². The zero-order valence-corrected chi connectivity index (χ0v) is 12.6. The number of likely N-dealkylation sites (tertiary alicyclic amines) is 1. The highest BCUT2D eigenvalue weighted by molar-refractivity contribution is 5.78. The van der Waals surface area contributed by atoms with E-state index in [0.717, 1.165) is 18.5 Å². The predicted octanol–water partition coefficient (Wildman–Crippen LogP) is 1.72. The van der Waals surface area contributed by atoms with Crippen LogP contribution in [0, 0.1) is 12.8 Å². The Morgan fingerprint density at radius 3 is 3.00 bits per heavy atom. The molecule has 1 aromatic rings. The van der Waals surface area contributed by atoms with E-state index in [4.69, 9.17) is 9.15 Å². The smallest absolute Gasteiger partial charge is 0.310 e. The van der Waals surface area contributed by atoms with Crippen LogP contribution in [0.25, 0.3) is 0 Å². The summed E-state index contributed by atoms with van der Waals surface area (Å²) in [7, 11) is 0. The van der Waals surface area contributed by atoms with Crippen LogP contribution in [0.5, 0.6) is 0 Å². The fourth-order valence-corrected chi connectivity index (χ4v) is 2.57. The molecule has 0 radical (unpaired) electrons. The molecule has 2 heterocycles. The number of aryl methyl sites for hydroxylation is 2. The van der Waals surface area contributed by atoms with Crippen molar-refractivity contribution in [3.05, 3.63) is 17.8 Å². The Balaban J connectivity index is 1.82. The van der Waals surface area contributed by atoms with Crippen molar-refractivity contribution in [2.24, 2.45) is 5.92 Å². The molecule has 1 fully saturated rings. The first kappa shape index (κ1) is 15.5. The number of carbonyl (C=O) groups is 2. The quantitative estimate of drug-likeness (QED) is 0.773. The number of piperidine rings is 1. The molecule has 0 spiro atoms. The number of nitrogens with zero attached hydrogens (tertiary/aromatic N) is 2. The first-order valence-electron chi connectivity index (χ1n) is 7.45. The van der Waals surface area contributed by atoms with E-state index in [1.165, 1.54) is 0 Å². The van der Waals surface area contributed by atoms with Gasteiger partial charge in [0, 0.05) is 32.9 Å². The number of hydrogen-bond acceptors (Lipinski definition) is 5. The third kappa shape index (κ3) is 4.31. The number of aromatic nitrogens is 1. The molecule has 0 N–H and O–H groups in total. The number of amides is 1. The van der Waals surface area contributed by atoms with Gasteiger partial charge >= 0.3 is 5.97 Å². The lowest BCUT2D eigenvalue weighted by Gasteiger charge is -2.31. The van der Waals surface area contributed by atoms with E-state index in [1.807, 2.05) is 0 Å². The average molecular weight is 294 g/mol. The van der Waals surface area contributed by atoms with Crippen molar-refractivity contribution < 1.29 is 18.7 Å². The van der Waals surface area contributed by atoms with Crippen LogP contribution in [-0.2, 0) is 20.7 Å². The molecule has 2 rings (SSSR count). The average Bonchev–Trinajstić information content (AvgIpc) is 2.91. The molecule has 1 saturated heterocycles. The van der Waals surface area contributed by atoms with Crippen molar-refractivity contribution in [3.63, 3.8) is 0 Å². The van der Waals surface area contributed by atoms with Crippen LogP contribution in [0.3, 0.4) is 0 Å². The first-order valence-corrected chi connectivity index (χ1v) is 7.45. The minimum atomic E-state index is -0.192. The van der Waals surface area contributed by atoms with Crippen molar-refractivity contribution in [1.82, 2.24) is 9.88 Å². The second-order valence-corrected chi connectivity index (χ2v) is 5.29. The van der Waals surface area contributed by atoms with Crippen molar-refractivity contribution in [2.45, 2.75) is 39.5 Å². The lowest BCUT2D eigenvalue weighted by atomic mass is 9.98. The van der Waals surface area contributed by atoms with Gasteiger partial charge in [-0.2, -0.15) is 0 Å². The first-order chi connectivity index (χ1) is 10.1. The SMILES string of the molecule is CCOC(=O)C1CCCN(C(=O)CCc2coc(C)n2)C1. The number of hydrogen-bond donors (Lipinski definition) is 0. The summed E-state index contributed by atoms with van der Waals surface area (Å²) in [5, 5.41) is 0. The number of carbonyl (C=O) groups excluding carboxylic acids is 2. The van der Waals surface area contributed by atoms with Crippen LogP contribution in [0.15, 0.2) is 10.7 Å². The summed E-state index contributed by atoms with van der Waals surface area (Å²) in [4.78, 5) is 29.9. The number of rotatable bonds is 5. The Hall–Kier alpha value is -1.85. The summed E-state index contributed by atoms with van der Waals surface area (Å²) in [6, 6.07) is 0. The zero-order chi connectivity index (χ0) is 15.2. The lowest BCUT2D eigenvalue weighted by Crippen LogP contribution is -2.42. The molecule has 0 aliphatic carbocycles. The van der Waals surface area contributed by atoms with Gasteiger partial charge < -0.3 is 14.1 Å². The number of ether oxygens (including phenoxy) is 1. The standard InChI is InChI=1S/C15H22N2O4/c1-3-20-15(19)12-5-4-8-17(9-12)14(18)7-6-13-10-21-11(2)16-13/h10,12H,3-9H2,1-2H3. The Morgan fingerprint density at radius 1 is 1.52 bits per heavy atom. The second-order valence-electron chi connectivity index (χ2n) is 5.29. The Labute approximate surface area is 124 Å². The van der Waals surface area contributed by atoms with Crippen molar-refractivity contribution in [2.75, 3.05) is 19.7 Å². The molecular formula is C15H22N2O4. The Kier molecular flexibility index (Phi) is 5.36. The van der Waals surface area contributed by atoms with Gasteiger partial charge in [-0.15, -0.1) is 0 Å². The minimum Gasteiger partial charge on any atom is -0.466 e. The van der Waals surface area contributed by atoms with E-state index in [-0.39, 0.29) is 17.8 Å². The van der Waals surface area contributed by atoms with Gasteiger partial charge in [-0.1, -0.05) is 0 Å². The molecular weight excluding hydrogens is 272 g/mol. The molecule has 1 unspecified atom stereocenters. The van der Waals surface area contributed by atoms with Gasteiger partial charge in [0.25, 0.3) is 0 Å². The fourth-order valence-electron chi connectivity index (χ4n) is 2.57. The van der Waals surface area contributed by atoms with E-state index >= 15 is 0 Å². The summed E-state index contributed by atoms with van der Waals surface area (Å²) in [5.74, 6) is 0.293. The maximum absolute atomic E-state index is 12.2. The zero-order valence-electron chi connectivity index (χ0n) is 12.6. The maximum Gasteiger partial charge on any atom is 0.310 e. The highest BCUT2D eigenvalue weighted by Gasteiger charge is 2.29. The van der Waals surface area contributed by atoms with Gasteiger partial charge in [0.2, 0.25) is 5.91 Å². The van der Waals surface area contributed by atoms with Crippen LogP contribution in [-0.4, -0.2) is 41.5 Å². The molecule has 1 aliphatic rings. The molecule has 6 nitrogen and oxygen atoms in total. The van der Waals surface area contributed by atoms with Crippen molar-refractivity contribution in [3.8, 4) is 0 Å². The molecule has 0 saturated carbocycles. The van der Waals surface area contributed by atoms with Crippen LogP contribution in [0.1, 0.15) is 37.8 Å². The predicted molar refractivity (Wildman–Crippen MR) is 75.5 cm³/mol. The van der Waals surface area contributed by atoms with E-state index in [9.17, 15) is 9.59 Å². The Bertz CT molecular complexity index is 498. The van der Waals surface area contributed by atoms with Gasteiger partial charge in [0.05, 0.1) is 18.2 Å². The van der Waals surface area contributed by atoms with Crippen molar-refractivity contribution in [1.29, 1.82) is 0 Å². The highest BCUT2D eigenvalue weighted by Crippen LogP contribution is 2.19. The Morgan fingerprint density at radius 2 is 2.33 bits per heavy atom. The normalized spacial score (nSPS) is 18.6. The van der Waals surface area contributed by atoms with Gasteiger partial charge in [-0.05, 0) is 19.8 Å². The summed E-state index contributed by atoms with van der Waals surface area (Å²) in [6.45, 7) is 5.14. The fraction of sp³-hybridized carbons (Fsp3) is 0.667. The second kappa shape index (κ2) is 7.24. The van der Waals surface area contributed by atoms with Gasteiger partial charge in [0.15, 0.2) is 5.89 Å². The topological polar surface area (TPSA) is 72.6 Å². The van der Waals surface area contributed by atoms with E-state index in [0.29, 0.717) is 38.4 Å². The molecule has 21 heavy (non-hydrogen) atoms. The largest absolute Gasteiger partial charge is 0.466 e. The van der Waals surface area contributed by atoms with Crippen molar-refractivity contribution >= 4 is 11.9 Å². The third-order valence-electron chi connectivity index (χ3n) is 3.66. The summed E-state index contributed by atoms with van der Waals surface area (Å²) in [5.41, 5.74) is 0.791. The number of oxazole rings is 1. The van der Waals surface area contributed by atoms with Gasteiger partial charge in [-0.3, -0.25) is 9.59 Å². The van der Waals surface area contributed by atoms with E-state index < -0.39 is 0 Å².